The van der Waals surface area contributed by atoms with E-state index in [0.29, 0.717) is 19.6 Å². The Kier molecular flexibility index (Phi) is 2.15. The third-order valence-corrected chi connectivity index (χ3v) is 2.16. The molecule has 1 aliphatic rings. The van der Waals surface area contributed by atoms with Gasteiger partial charge in [0, 0.05) is 12.5 Å². The topological polar surface area (TPSA) is 66.8 Å². The molecule has 2 N–H and O–H groups in total. The van der Waals surface area contributed by atoms with Crippen LogP contribution in [0, 0.1) is 5.92 Å². The summed E-state index contributed by atoms with van der Waals surface area (Å²) >= 11 is 0. The minimum absolute atomic E-state index is 0.264. The fraction of sp³-hybridized carbons (Fsp3) is 0.857. The molecule has 0 aromatic heterocycles. The molecule has 4 heteroatoms. The van der Waals surface area contributed by atoms with Gasteiger partial charge in [-0.2, -0.15) is 0 Å². The number of carboxylic acid groups (broad SMARTS) is 1. The van der Waals surface area contributed by atoms with Crippen molar-refractivity contribution >= 4 is 5.97 Å². The molecule has 0 bridgehead atoms. The molecule has 1 aliphatic heterocycles. The summed E-state index contributed by atoms with van der Waals surface area (Å²) in [6, 6.07) is 0. The van der Waals surface area contributed by atoms with Crippen molar-refractivity contribution in [3.63, 3.8) is 0 Å². The maximum atomic E-state index is 10.5. The molecule has 64 valence electrons. The third kappa shape index (κ3) is 1.52. The minimum atomic E-state index is -1.63. The van der Waals surface area contributed by atoms with Crippen LogP contribution in [0.2, 0.25) is 0 Å². The highest BCUT2D eigenvalue weighted by Crippen LogP contribution is 2.25. The van der Waals surface area contributed by atoms with Crippen LogP contribution in [0.4, 0.5) is 0 Å². The van der Waals surface area contributed by atoms with Gasteiger partial charge in [0.25, 0.3) is 0 Å². The molecule has 0 aromatic rings. The van der Waals surface area contributed by atoms with Crippen molar-refractivity contribution in [2.75, 3.05) is 13.2 Å². The number of aliphatic hydroxyl groups is 1. The van der Waals surface area contributed by atoms with E-state index in [1.54, 1.807) is 0 Å². The molecule has 0 radical (unpaired) electrons. The lowest BCUT2D eigenvalue weighted by atomic mass is 9.89. The van der Waals surface area contributed by atoms with Gasteiger partial charge < -0.3 is 14.9 Å². The predicted octanol–water partition coefficient (Wildman–Crippen LogP) is -0.141. The van der Waals surface area contributed by atoms with Crippen molar-refractivity contribution in [1.29, 1.82) is 0 Å². The Bertz CT molecular complexity index is 158. The van der Waals surface area contributed by atoms with Crippen LogP contribution >= 0.6 is 0 Å². The maximum absolute atomic E-state index is 10.5. The lowest BCUT2D eigenvalue weighted by molar-refractivity contribution is -0.162. The maximum Gasteiger partial charge on any atom is 0.335 e. The Morgan fingerprint density at radius 1 is 1.73 bits per heavy atom. The average Bonchev–Trinajstić information content (AvgIpc) is 2.37. The number of carbonyl (C=O) groups is 1. The van der Waals surface area contributed by atoms with Gasteiger partial charge >= 0.3 is 5.97 Å². The summed E-state index contributed by atoms with van der Waals surface area (Å²) in [5.41, 5.74) is -1.63. The van der Waals surface area contributed by atoms with Crippen molar-refractivity contribution in [2.45, 2.75) is 18.9 Å². The predicted molar refractivity (Wildman–Crippen MR) is 37.2 cm³/mol. The second-order valence-corrected chi connectivity index (χ2v) is 3.01. The molecule has 0 amide bonds. The Balaban J connectivity index is 2.62. The molecule has 1 saturated heterocycles. The van der Waals surface area contributed by atoms with E-state index in [9.17, 15) is 9.90 Å². The number of hydrogen-bond acceptors (Lipinski definition) is 3. The molecular formula is C7H12O4. The van der Waals surface area contributed by atoms with E-state index in [2.05, 4.69) is 0 Å². The molecule has 1 fully saturated rings. The number of rotatable bonds is 2. The lowest BCUT2D eigenvalue weighted by Gasteiger charge is -2.23. The summed E-state index contributed by atoms with van der Waals surface area (Å²) in [6.07, 6.45) is 0.624. The first-order valence-corrected chi connectivity index (χ1v) is 3.58. The van der Waals surface area contributed by atoms with Crippen LogP contribution in [0.3, 0.4) is 0 Å². The van der Waals surface area contributed by atoms with E-state index >= 15 is 0 Å². The zero-order valence-electron chi connectivity index (χ0n) is 6.41. The van der Waals surface area contributed by atoms with Gasteiger partial charge in [0.2, 0.25) is 0 Å². The molecule has 1 heterocycles. The first kappa shape index (κ1) is 8.49. The fourth-order valence-corrected chi connectivity index (χ4v) is 1.15. The average molecular weight is 160 g/mol. The van der Waals surface area contributed by atoms with Gasteiger partial charge in [-0.1, -0.05) is 0 Å². The molecule has 0 aromatic carbocycles. The number of ether oxygens (including phenoxy) is 1. The second kappa shape index (κ2) is 2.79. The fourth-order valence-electron chi connectivity index (χ4n) is 1.15. The van der Waals surface area contributed by atoms with Crippen LogP contribution in [0.25, 0.3) is 0 Å². The van der Waals surface area contributed by atoms with Crippen LogP contribution in [0.1, 0.15) is 13.3 Å². The number of hydrogen-bond donors (Lipinski definition) is 2. The van der Waals surface area contributed by atoms with Crippen molar-refractivity contribution in [3.8, 4) is 0 Å². The smallest absolute Gasteiger partial charge is 0.335 e. The number of aliphatic carboxylic acids is 1. The van der Waals surface area contributed by atoms with E-state index in [0.717, 1.165) is 0 Å². The zero-order chi connectivity index (χ0) is 8.48. The standard InChI is InChI=1S/C7H12O4/c1-7(10,6(8)9)5-2-3-11-4-5/h5,10H,2-4H2,1H3,(H,8,9). The third-order valence-electron chi connectivity index (χ3n) is 2.16. The Labute approximate surface area is 64.8 Å². The summed E-state index contributed by atoms with van der Waals surface area (Å²) in [5.74, 6) is -1.44. The summed E-state index contributed by atoms with van der Waals surface area (Å²) < 4.78 is 4.97. The Hall–Kier alpha value is -0.610. The highest BCUT2D eigenvalue weighted by Gasteiger charge is 2.41. The second-order valence-electron chi connectivity index (χ2n) is 3.01. The van der Waals surface area contributed by atoms with Crippen LogP contribution in [-0.4, -0.2) is 35.0 Å². The quantitative estimate of drug-likeness (QED) is 0.590. The van der Waals surface area contributed by atoms with Gasteiger partial charge in [-0.05, 0) is 13.3 Å². The molecule has 11 heavy (non-hydrogen) atoms. The highest BCUT2D eigenvalue weighted by atomic mass is 16.5. The largest absolute Gasteiger partial charge is 0.479 e. The highest BCUT2D eigenvalue weighted by molar-refractivity contribution is 5.77. The van der Waals surface area contributed by atoms with Crippen molar-refractivity contribution < 1.29 is 19.7 Å². The summed E-state index contributed by atoms with van der Waals surface area (Å²) in [4.78, 5) is 10.5. The van der Waals surface area contributed by atoms with Gasteiger partial charge in [0.05, 0.1) is 6.61 Å². The monoisotopic (exact) mass is 160 g/mol. The molecule has 2 unspecified atom stereocenters. The molecule has 0 spiro atoms. The normalized spacial score (nSPS) is 29.8. The van der Waals surface area contributed by atoms with E-state index < -0.39 is 11.6 Å². The van der Waals surface area contributed by atoms with Gasteiger partial charge in [-0.3, -0.25) is 0 Å². The summed E-state index contributed by atoms with van der Waals surface area (Å²) in [6.45, 7) is 2.21. The molecule has 1 rings (SSSR count). The molecular weight excluding hydrogens is 148 g/mol. The van der Waals surface area contributed by atoms with E-state index in [4.69, 9.17) is 9.84 Å². The van der Waals surface area contributed by atoms with Crippen LogP contribution in [-0.2, 0) is 9.53 Å². The molecule has 2 atom stereocenters. The molecule has 4 nitrogen and oxygen atoms in total. The summed E-state index contributed by atoms with van der Waals surface area (Å²) in [7, 11) is 0. The Morgan fingerprint density at radius 2 is 2.36 bits per heavy atom. The summed E-state index contributed by atoms with van der Waals surface area (Å²) in [5, 5.41) is 18.0. The van der Waals surface area contributed by atoms with E-state index in [-0.39, 0.29) is 5.92 Å². The molecule has 0 aliphatic carbocycles. The first-order chi connectivity index (χ1) is 5.05. The van der Waals surface area contributed by atoms with Crippen LogP contribution < -0.4 is 0 Å². The minimum Gasteiger partial charge on any atom is -0.479 e. The SMILES string of the molecule is CC(O)(C(=O)O)C1CCOC1. The van der Waals surface area contributed by atoms with E-state index in [1.165, 1.54) is 6.92 Å². The van der Waals surface area contributed by atoms with Gasteiger partial charge in [-0.15, -0.1) is 0 Å². The molecule has 0 saturated carbocycles. The first-order valence-electron chi connectivity index (χ1n) is 3.58. The zero-order valence-corrected chi connectivity index (χ0v) is 6.41. The van der Waals surface area contributed by atoms with Crippen LogP contribution in [0.15, 0.2) is 0 Å². The number of carboxylic acids is 1. The Morgan fingerprint density at radius 3 is 2.73 bits per heavy atom. The van der Waals surface area contributed by atoms with Crippen molar-refractivity contribution in [1.82, 2.24) is 0 Å². The lowest BCUT2D eigenvalue weighted by Crippen LogP contribution is -2.43. The van der Waals surface area contributed by atoms with Crippen LogP contribution in [0.5, 0.6) is 0 Å². The van der Waals surface area contributed by atoms with E-state index in [1.807, 2.05) is 0 Å². The van der Waals surface area contributed by atoms with Gasteiger partial charge in [-0.25, -0.2) is 4.79 Å². The van der Waals surface area contributed by atoms with Gasteiger partial charge in [0.15, 0.2) is 5.60 Å². The van der Waals surface area contributed by atoms with Crippen molar-refractivity contribution in [3.05, 3.63) is 0 Å². The van der Waals surface area contributed by atoms with Crippen molar-refractivity contribution in [2.24, 2.45) is 5.92 Å². The van der Waals surface area contributed by atoms with Gasteiger partial charge in [0.1, 0.15) is 0 Å².